The lowest BCUT2D eigenvalue weighted by molar-refractivity contribution is -0.141. The zero-order valence-electron chi connectivity index (χ0n) is 11.6. The molecule has 0 heterocycles. The summed E-state index contributed by atoms with van der Waals surface area (Å²) < 4.78 is 18.1. The first-order valence-corrected chi connectivity index (χ1v) is 7.41. The molecule has 0 fully saturated rings. The largest absolute Gasteiger partial charge is 0.469 e. The molecule has 2 rings (SSSR count). The molecule has 5 heteroatoms. The first kappa shape index (κ1) is 15.4. The molecule has 0 bridgehead atoms. The Morgan fingerprint density at radius 3 is 2.67 bits per heavy atom. The van der Waals surface area contributed by atoms with Crippen molar-refractivity contribution in [2.75, 3.05) is 18.6 Å². The van der Waals surface area contributed by atoms with Crippen LogP contribution in [0.5, 0.6) is 0 Å². The molecular formula is C16H16FNO2S. The normalized spacial score (nSPS) is 11.9. The maximum absolute atomic E-state index is 13.3. The first-order chi connectivity index (χ1) is 10.1. The van der Waals surface area contributed by atoms with Gasteiger partial charge in [-0.15, -0.1) is 11.8 Å². The fourth-order valence-corrected chi connectivity index (χ4v) is 3.04. The number of anilines is 1. The maximum Gasteiger partial charge on any atom is 0.313 e. The fourth-order valence-electron chi connectivity index (χ4n) is 1.93. The van der Waals surface area contributed by atoms with Crippen molar-refractivity contribution in [1.82, 2.24) is 0 Å². The lowest BCUT2D eigenvalue weighted by Crippen LogP contribution is -2.16. The summed E-state index contributed by atoms with van der Waals surface area (Å²) in [6.07, 6.45) is 0. The van der Waals surface area contributed by atoms with Crippen LogP contribution in [0.15, 0.2) is 53.4 Å². The Bertz CT molecular complexity index is 619. The lowest BCUT2D eigenvalue weighted by Gasteiger charge is -2.15. The van der Waals surface area contributed by atoms with Crippen molar-refractivity contribution >= 4 is 23.4 Å². The van der Waals surface area contributed by atoms with Gasteiger partial charge in [-0.25, -0.2) is 4.39 Å². The van der Waals surface area contributed by atoms with Gasteiger partial charge in [-0.3, -0.25) is 4.79 Å². The number of ether oxygens (including phenoxy) is 1. The molecule has 0 saturated carbocycles. The third-order valence-corrected chi connectivity index (χ3v) is 4.23. The second-order valence-electron chi connectivity index (χ2n) is 4.48. The molecule has 0 aliphatic rings. The zero-order chi connectivity index (χ0) is 15.2. The average Bonchev–Trinajstić information content (AvgIpc) is 2.51. The van der Waals surface area contributed by atoms with Gasteiger partial charge in [0.2, 0.25) is 0 Å². The van der Waals surface area contributed by atoms with Gasteiger partial charge in [0, 0.05) is 16.3 Å². The van der Waals surface area contributed by atoms with E-state index >= 15 is 0 Å². The second kappa shape index (κ2) is 7.13. The van der Waals surface area contributed by atoms with Crippen LogP contribution in [0, 0.1) is 5.82 Å². The lowest BCUT2D eigenvalue weighted by atomic mass is 10.0. The van der Waals surface area contributed by atoms with E-state index in [2.05, 4.69) is 0 Å². The highest BCUT2D eigenvalue weighted by atomic mass is 32.2. The molecule has 2 aromatic rings. The highest BCUT2D eigenvalue weighted by Gasteiger charge is 2.21. The van der Waals surface area contributed by atoms with Crippen LogP contribution in [0.3, 0.4) is 0 Å². The van der Waals surface area contributed by atoms with Crippen LogP contribution in [0.25, 0.3) is 0 Å². The molecule has 0 aliphatic carbocycles. The van der Waals surface area contributed by atoms with Crippen molar-refractivity contribution in [2.24, 2.45) is 0 Å². The molecule has 1 atom stereocenters. The summed E-state index contributed by atoms with van der Waals surface area (Å²) in [5.41, 5.74) is 7.18. The van der Waals surface area contributed by atoms with Gasteiger partial charge in [-0.1, -0.05) is 30.3 Å². The van der Waals surface area contributed by atoms with E-state index in [0.717, 1.165) is 5.56 Å². The van der Waals surface area contributed by atoms with Crippen molar-refractivity contribution in [1.29, 1.82) is 0 Å². The van der Waals surface area contributed by atoms with Crippen LogP contribution < -0.4 is 5.73 Å². The SMILES string of the molecule is COC(=O)C(CSc1cc(F)ccc1N)c1ccccc1. The van der Waals surface area contributed by atoms with Gasteiger partial charge in [-0.05, 0) is 23.8 Å². The molecule has 2 N–H and O–H groups in total. The Labute approximate surface area is 127 Å². The Morgan fingerprint density at radius 1 is 1.29 bits per heavy atom. The van der Waals surface area contributed by atoms with Crippen molar-refractivity contribution in [3.63, 3.8) is 0 Å². The molecule has 0 aromatic heterocycles. The van der Waals surface area contributed by atoms with E-state index in [4.69, 9.17) is 10.5 Å². The summed E-state index contributed by atoms with van der Waals surface area (Å²) in [6.45, 7) is 0. The average molecular weight is 305 g/mol. The monoisotopic (exact) mass is 305 g/mol. The van der Waals surface area contributed by atoms with E-state index in [1.54, 1.807) is 0 Å². The molecular weight excluding hydrogens is 289 g/mol. The molecule has 21 heavy (non-hydrogen) atoms. The molecule has 110 valence electrons. The third kappa shape index (κ3) is 3.98. The highest BCUT2D eigenvalue weighted by molar-refractivity contribution is 7.99. The molecule has 0 aliphatic heterocycles. The Morgan fingerprint density at radius 2 is 2.00 bits per heavy atom. The van der Waals surface area contributed by atoms with E-state index < -0.39 is 5.92 Å². The molecule has 3 nitrogen and oxygen atoms in total. The van der Waals surface area contributed by atoms with E-state index in [1.807, 2.05) is 30.3 Å². The molecule has 0 amide bonds. The summed E-state index contributed by atoms with van der Waals surface area (Å²) in [5.74, 6) is -0.641. The number of esters is 1. The topological polar surface area (TPSA) is 52.3 Å². The number of carbonyl (C=O) groups is 1. The molecule has 2 aromatic carbocycles. The number of methoxy groups -OCH3 is 1. The summed E-state index contributed by atoms with van der Waals surface area (Å²) in [6, 6.07) is 13.6. The Kier molecular flexibility index (Phi) is 5.22. The van der Waals surface area contributed by atoms with Gasteiger partial charge >= 0.3 is 5.97 Å². The van der Waals surface area contributed by atoms with Crippen LogP contribution in [-0.2, 0) is 9.53 Å². The quantitative estimate of drug-likeness (QED) is 0.522. The minimum atomic E-state index is -0.413. The first-order valence-electron chi connectivity index (χ1n) is 6.42. The van der Waals surface area contributed by atoms with Crippen LogP contribution in [-0.4, -0.2) is 18.8 Å². The van der Waals surface area contributed by atoms with Crippen LogP contribution in [0.1, 0.15) is 11.5 Å². The van der Waals surface area contributed by atoms with Gasteiger partial charge in [0.15, 0.2) is 0 Å². The number of halogens is 1. The number of hydrogen-bond acceptors (Lipinski definition) is 4. The maximum atomic E-state index is 13.3. The van der Waals surface area contributed by atoms with Gasteiger partial charge in [0.05, 0.1) is 13.0 Å². The zero-order valence-corrected chi connectivity index (χ0v) is 12.4. The standard InChI is InChI=1S/C16H16FNO2S/c1-20-16(19)13(11-5-3-2-4-6-11)10-21-15-9-12(17)7-8-14(15)18/h2-9,13H,10,18H2,1H3. The van der Waals surface area contributed by atoms with E-state index in [1.165, 1.54) is 37.1 Å². The van der Waals surface area contributed by atoms with Crippen LogP contribution >= 0.6 is 11.8 Å². The predicted octanol–water partition coefficient (Wildman–Crippen LogP) is 3.46. The number of hydrogen-bond donors (Lipinski definition) is 1. The molecule has 1 unspecified atom stereocenters. The van der Waals surface area contributed by atoms with Crippen molar-refractivity contribution in [3.8, 4) is 0 Å². The van der Waals surface area contributed by atoms with Crippen molar-refractivity contribution in [2.45, 2.75) is 10.8 Å². The van der Waals surface area contributed by atoms with Crippen molar-refractivity contribution < 1.29 is 13.9 Å². The fraction of sp³-hybridized carbons (Fsp3) is 0.188. The van der Waals surface area contributed by atoms with Crippen LogP contribution in [0.4, 0.5) is 10.1 Å². The highest BCUT2D eigenvalue weighted by Crippen LogP contribution is 2.31. The minimum absolute atomic E-state index is 0.316. The number of rotatable bonds is 5. The Balaban J connectivity index is 2.16. The summed E-state index contributed by atoms with van der Waals surface area (Å²) >= 11 is 1.34. The summed E-state index contributed by atoms with van der Waals surface area (Å²) in [4.78, 5) is 12.6. The number of benzene rings is 2. The molecule has 0 radical (unpaired) electrons. The number of thioether (sulfide) groups is 1. The van der Waals surface area contributed by atoms with Gasteiger partial charge in [-0.2, -0.15) is 0 Å². The summed E-state index contributed by atoms with van der Waals surface area (Å²) in [7, 11) is 1.36. The predicted molar refractivity (Wildman–Crippen MR) is 82.7 cm³/mol. The summed E-state index contributed by atoms with van der Waals surface area (Å²) in [5, 5.41) is 0. The van der Waals surface area contributed by atoms with E-state index in [0.29, 0.717) is 16.3 Å². The van der Waals surface area contributed by atoms with Gasteiger partial charge in [0.25, 0.3) is 0 Å². The number of nitrogens with two attached hydrogens (primary N) is 1. The molecule has 0 spiro atoms. The smallest absolute Gasteiger partial charge is 0.313 e. The molecule has 0 saturated heterocycles. The van der Waals surface area contributed by atoms with Gasteiger partial charge < -0.3 is 10.5 Å². The Hall–Kier alpha value is -2.01. The van der Waals surface area contributed by atoms with E-state index in [9.17, 15) is 9.18 Å². The second-order valence-corrected chi connectivity index (χ2v) is 5.54. The van der Waals surface area contributed by atoms with Crippen molar-refractivity contribution in [3.05, 3.63) is 59.9 Å². The number of carbonyl (C=O) groups excluding carboxylic acids is 1. The number of nitrogen functional groups attached to an aromatic ring is 1. The van der Waals surface area contributed by atoms with Gasteiger partial charge in [0.1, 0.15) is 5.82 Å². The van der Waals surface area contributed by atoms with Crippen LogP contribution in [0.2, 0.25) is 0 Å². The van der Waals surface area contributed by atoms with E-state index in [-0.39, 0.29) is 11.8 Å². The minimum Gasteiger partial charge on any atom is -0.469 e. The third-order valence-electron chi connectivity index (χ3n) is 3.07.